The second kappa shape index (κ2) is 7.36. The largest absolute Gasteiger partial charge is 0.373 e. The lowest BCUT2D eigenvalue weighted by molar-refractivity contribution is 0.0879. The summed E-state index contributed by atoms with van der Waals surface area (Å²) in [4.78, 5) is 15.9. The number of allylic oxidation sites excluding steroid dienone is 1. The molecule has 0 bridgehead atoms. The molecule has 0 N–H and O–H groups in total. The number of carbonyl (C=O) groups is 1. The molecule has 144 valence electrons. The molecule has 29 heavy (non-hydrogen) atoms. The second-order valence-electron chi connectivity index (χ2n) is 8.14. The number of aryl methyl sites for hydroxylation is 1. The first-order valence-electron chi connectivity index (χ1n) is 10.4. The molecule has 1 aliphatic heterocycles. The Morgan fingerprint density at radius 3 is 2.24 bits per heavy atom. The van der Waals surface area contributed by atoms with Crippen LogP contribution in [-0.4, -0.2) is 24.3 Å². The second-order valence-corrected chi connectivity index (χ2v) is 8.14. The Labute approximate surface area is 172 Å². The maximum absolute atomic E-state index is 13.6. The molecule has 0 radical (unpaired) electrons. The average molecular weight is 380 g/mol. The van der Waals surface area contributed by atoms with Gasteiger partial charge in [-0.25, -0.2) is 0 Å². The highest BCUT2D eigenvalue weighted by molar-refractivity contribution is 5.99. The SMILES string of the molecule is CN1C[C@@H](C(=O)c2ccccc2)[C@@H](c2ccccc2)C2=C1c1ccccc1CC2. The molecule has 0 saturated heterocycles. The molecular weight excluding hydrogens is 354 g/mol. The van der Waals surface area contributed by atoms with E-state index in [-0.39, 0.29) is 17.6 Å². The number of hydrogen-bond acceptors (Lipinski definition) is 2. The molecule has 5 rings (SSSR count). The third kappa shape index (κ3) is 3.09. The fourth-order valence-electron chi connectivity index (χ4n) is 5.16. The quantitative estimate of drug-likeness (QED) is 0.554. The Balaban J connectivity index is 1.67. The van der Waals surface area contributed by atoms with Crippen molar-refractivity contribution in [1.29, 1.82) is 0 Å². The minimum Gasteiger partial charge on any atom is -0.373 e. The highest BCUT2D eigenvalue weighted by Gasteiger charge is 2.41. The Morgan fingerprint density at radius 1 is 0.828 bits per heavy atom. The van der Waals surface area contributed by atoms with Crippen molar-refractivity contribution in [3.63, 3.8) is 0 Å². The van der Waals surface area contributed by atoms with E-state index in [1.807, 2.05) is 30.3 Å². The predicted octanol–water partition coefficient (Wildman–Crippen LogP) is 5.57. The standard InChI is InChI=1S/C27H25NO/c1-28-18-24(27(29)21-13-6-3-7-14-21)25(20-11-4-2-5-12-20)23-17-16-19-10-8-9-15-22(19)26(23)28/h2-15,24-25H,16-18H2,1H3/t24-,25+/m1/s1. The Hall–Kier alpha value is -3.13. The number of nitrogens with zero attached hydrogens (tertiary/aromatic N) is 1. The minimum absolute atomic E-state index is 0.0752. The van der Waals surface area contributed by atoms with Gasteiger partial charge < -0.3 is 4.90 Å². The number of ketones is 1. The van der Waals surface area contributed by atoms with Crippen LogP contribution in [0.4, 0.5) is 0 Å². The van der Waals surface area contributed by atoms with Crippen molar-refractivity contribution in [3.05, 3.63) is 113 Å². The topological polar surface area (TPSA) is 20.3 Å². The van der Waals surface area contributed by atoms with Crippen molar-refractivity contribution in [1.82, 2.24) is 4.90 Å². The molecule has 0 spiro atoms. The van der Waals surface area contributed by atoms with Gasteiger partial charge in [0.15, 0.2) is 5.78 Å². The maximum Gasteiger partial charge on any atom is 0.168 e. The summed E-state index contributed by atoms with van der Waals surface area (Å²) in [5, 5.41) is 0. The molecule has 2 nitrogen and oxygen atoms in total. The van der Waals surface area contributed by atoms with Crippen LogP contribution in [0.15, 0.2) is 90.5 Å². The van der Waals surface area contributed by atoms with E-state index in [1.165, 1.54) is 28.0 Å². The van der Waals surface area contributed by atoms with Crippen LogP contribution in [0.25, 0.3) is 5.70 Å². The highest BCUT2D eigenvalue weighted by Crippen LogP contribution is 2.48. The van der Waals surface area contributed by atoms with Crippen molar-refractivity contribution in [2.75, 3.05) is 13.6 Å². The summed E-state index contributed by atoms with van der Waals surface area (Å²) in [6, 6.07) is 29.1. The summed E-state index contributed by atoms with van der Waals surface area (Å²) in [5.41, 5.74) is 7.56. The van der Waals surface area contributed by atoms with Crippen molar-refractivity contribution >= 4 is 11.5 Å². The van der Waals surface area contributed by atoms with Gasteiger partial charge in [-0.05, 0) is 29.5 Å². The molecule has 0 saturated carbocycles. The zero-order chi connectivity index (χ0) is 19.8. The summed E-state index contributed by atoms with van der Waals surface area (Å²) in [5.74, 6) is 0.300. The van der Waals surface area contributed by atoms with Crippen molar-refractivity contribution in [2.24, 2.45) is 5.92 Å². The zero-order valence-electron chi connectivity index (χ0n) is 16.7. The smallest absolute Gasteiger partial charge is 0.168 e. The molecule has 2 atom stereocenters. The maximum atomic E-state index is 13.6. The van der Waals surface area contributed by atoms with Gasteiger partial charge in [0.25, 0.3) is 0 Å². The lowest BCUT2D eigenvalue weighted by Crippen LogP contribution is -2.41. The molecule has 0 amide bonds. The van der Waals surface area contributed by atoms with Gasteiger partial charge in [0.05, 0.1) is 5.92 Å². The average Bonchev–Trinajstić information content (AvgIpc) is 2.79. The Bertz CT molecular complexity index is 1070. The van der Waals surface area contributed by atoms with Crippen LogP contribution >= 0.6 is 0 Å². The van der Waals surface area contributed by atoms with E-state index in [2.05, 4.69) is 66.5 Å². The molecule has 1 aliphatic carbocycles. The first kappa shape index (κ1) is 17.9. The van der Waals surface area contributed by atoms with E-state index in [4.69, 9.17) is 0 Å². The van der Waals surface area contributed by atoms with E-state index >= 15 is 0 Å². The normalized spacial score (nSPS) is 20.8. The first-order valence-corrected chi connectivity index (χ1v) is 10.4. The number of carbonyl (C=O) groups excluding carboxylic acids is 1. The molecule has 3 aromatic carbocycles. The van der Waals surface area contributed by atoms with Crippen LogP contribution in [-0.2, 0) is 6.42 Å². The van der Waals surface area contributed by atoms with Crippen LogP contribution in [0.3, 0.4) is 0 Å². The van der Waals surface area contributed by atoms with Gasteiger partial charge in [-0.2, -0.15) is 0 Å². The van der Waals surface area contributed by atoms with Gasteiger partial charge in [-0.1, -0.05) is 84.9 Å². The van der Waals surface area contributed by atoms with Crippen LogP contribution in [0, 0.1) is 5.92 Å². The lowest BCUT2D eigenvalue weighted by atomic mass is 9.69. The molecule has 2 aliphatic rings. The summed E-state index contributed by atoms with van der Waals surface area (Å²) in [7, 11) is 2.14. The summed E-state index contributed by atoms with van der Waals surface area (Å²) >= 11 is 0. The number of benzene rings is 3. The summed E-state index contributed by atoms with van der Waals surface area (Å²) in [6.07, 6.45) is 2.05. The summed E-state index contributed by atoms with van der Waals surface area (Å²) < 4.78 is 0. The van der Waals surface area contributed by atoms with Gasteiger partial charge >= 0.3 is 0 Å². The molecule has 1 heterocycles. The molecule has 0 aromatic heterocycles. The number of hydrogen-bond donors (Lipinski definition) is 0. The summed E-state index contributed by atoms with van der Waals surface area (Å²) in [6.45, 7) is 0.737. The van der Waals surface area contributed by atoms with Gasteiger partial charge in [0, 0.05) is 36.3 Å². The van der Waals surface area contributed by atoms with Crippen molar-refractivity contribution in [3.8, 4) is 0 Å². The van der Waals surface area contributed by atoms with Crippen LogP contribution in [0.2, 0.25) is 0 Å². The fourth-order valence-corrected chi connectivity index (χ4v) is 5.16. The van der Waals surface area contributed by atoms with Crippen molar-refractivity contribution < 1.29 is 4.79 Å². The third-order valence-electron chi connectivity index (χ3n) is 6.42. The predicted molar refractivity (Wildman–Crippen MR) is 118 cm³/mol. The van der Waals surface area contributed by atoms with E-state index in [9.17, 15) is 4.79 Å². The monoisotopic (exact) mass is 379 g/mol. The lowest BCUT2D eigenvalue weighted by Gasteiger charge is -2.43. The molecule has 0 fully saturated rings. The highest BCUT2D eigenvalue weighted by atomic mass is 16.1. The van der Waals surface area contributed by atoms with Gasteiger partial charge in [0.1, 0.15) is 0 Å². The molecule has 0 unspecified atom stereocenters. The minimum atomic E-state index is -0.0752. The Morgan fingerprint density at radius 2 is 1.48 bits per heavy atom. The molecular formula is C27H25NO. The van der Waals surface area contributed by atoms with Crippen LogP contribution < -0.4 is 0 Å². The van der Waals surface area contributed by atoms with E-state index in [0.29, 0.717) is 0 Å². The van der Waals surface area contributed by atoms with E-state index in [1.54, 1.807) is 0 Å². The van der Waals surface area contributed by atoms with Crippen molar-refractivity contribution in [2.45, 2.75) is 18.8 Å². The van der Waals surface area contributed by atoms with Gasteiger partial charge in [-0.3, -0.25) is 4.79 Å². The fraction of sp³-hybridized carbons (Fsp3) is 0.222. The van der Waals surface area contributed by atoms with E-state index < -0.39 is 0 Å². The number of Topliss-reactive ketones (excluding diaryl/α,β-unsaturated/α-hetero) is 1. The van der Waals surface area contributed by atoms with Crippen LogP contribution in [0.1, 0.15) is 39.4 Å². The van der Waals surface area contributed by atoms with Crippen LogP contribution in [0.5, 0.6) is 0 Å². The number of rotatable bonds is 3. The van der Waals surface area contributed by atoms with Gasteiger partial charge in [0.2, 0.25) is 0 Å². The third-order valence-corrected chi connectivity index (χ3v) is 6.42. The zero-order valence-corrected chi connectivity index (χ0v) is 16.7. The molecule has 2 heteroatoms. The Kier molecular flexibility index (Phi) is 4.55. The number of fused-ring (bicyclic) bond motifs is 2. The van der Waals surface area contributed by atoms with Gasteiger partial charge in [-0.15, -0.1) is 0 Å². The molecule has 3 aromatic rings. The van der Waals surface area contributed by atoms with E-state index in [0.717, 1.165) is 24.9 Å². The first-order chi connectivity index (χ1) is 14.2.